The SMILES string of the molecule is CN(C)S(=O)(=O)CCCN[C@@H]1CCCCC1(C)C. The van der Waals surface area contributed by atoms with Crippen molar-refractivity contribution in [1.29, 1.82) is 0 Å². The molecule has 1 saturated carbocycles. The van der Waals surface area contributed by atoms with E-state index in [-0.39, 0.29) is 5.75 Å². The maximum Gasteiger partial charge on any atom is 0.213 e. The average Bonchev–Trinajstić information content (AvgIpc) is 2.25. The molecular weight excluding hydrogens is 248 g/mol. The molecule has 108 valence electrons. The lowest BCUT2D eigenvalue weighted by molar-refractivity contribution is 0.168. The molecule has 0 aromatic rings. The molecule has 0 amide bonds. The van der Waals surface area contributed by atoms with Crippen molar-refractivity contribution in [3.05, 3.63) is 0 Å². The van der Waals surface area contributed by atoms with Crippen molar-refractivity contribution in [2.24, 2.45) is 5.41 Å². The highest BCUT2D eigenvalue weighted by Crippen LogP contribution is 2.35. The van der Waals surface area contributed by atoms with Crippen molar-refractivity contribution in [1.82, 2.24) is 9.62 Å². The molecular formula is C13H28N2O2S. The van der Waals surface area contributed by atoms with Gasteiger partial charge in [-0.2, -0.15) is 0 Å². The molecule has 1 fully saturated rings. The highest BCUT2D eigenvalue weighted by atomic mass is 32.2. The summed E-state index contributed by atoms with van der Waals surface area (Å²) in [7, 11) is 0.144. The molecule has 1 N–H and O–H groups in total. The maximum atomic E-state index is 11.6. The van der Waals surface area contributed by atoms with Crippen molar-refractivity contribution in [3.8, 4) is 0 Å². The van der Waals surface area contributed by atoms with Crippen molar-refractivity contribution in [3.63, 3.8) is 0 Å². The Morgan fingerprint density at radius 1 is 1.28 bits per heavy atom. The van der Waals surface area contributed by atoms with E-state index in [4.69, 9.17) is 0 Å². The van der Waals surface area contributed by atoms with Gasteiger partial charge in [-0.3, -0.25) is 0 Å². The third-order valence-electron chi connectivity index (χ3n) is 4.03. The summed E-state index contributed by atoms with van der Waals surface area (Å²) in [6.07, 6.45) is 5.78. The third kappa shape index (κ3) is 4.52. The van der Waals surface area contributed by atoms with Crippen LogP contribution >= 0.6 is 0 Å². The Hall–Kier alpha value is -0.130. The van der Waals surface area contributed by atoms with E-state index in [9.17, 15) is 8.42 Å². The summed E-state index contributed by atoms with van der Waals surface area (Å²) in [4.78, 5) is 0. The first-order valence-corrected chi connectivity index (χ1v) is 8.50. The number of nitrogens with zero attached hydrogens (tertiary/aromatic N) is 1. The van der Waals surface area contributed by atoms with E-state index >= 15 is 0 Å². The highest BCUT2D eigenvalue weighted by Gasteiger charge is 2.31. The van der Waals surface area contributed by atoms with E-state index in [2.05, 4.69) is 19.2 Å². The monoisotopic (exact) mass is 276 g/mol. The smallest absolute Gasteiger partial charge is 0.213 e. The summed E-state index contributed by atoms with van der Waals surface area (Å²) in [6, 6.07) is 0.535. The Morgan fingerprint density at radius 3 is 2.50 bits per heavy atom. The largest absolute Gasteiger partial charge is 0.313 e. The second kappa shape index (κ2) is 6.35. The Kier molecular flexibility index (Phi) is 5.62. The molecule has 0 radical (unpaired) electrons. The van der Waals surface area contributed by atoms with Gasteiger partial charge in [0.15, 0.2) is 0 Å². The molecule has 4 nitrogen and oxygen atoms in total. The van der Waals surface area contributed by atoms with Crippen LogP contribution in [0.3, 0.4) is 0 Å². The summed E-state index contributed by atoms with van der Waals surface area (Å²) in [5, 5.41) is 3.54. The first-order valence-electron chi connectivity index (χ1n) is 6.89. The van der Waals surface area contributed by atoms with Crippen LogP contribution in [0.5, 0.6) is 0 Å². The van der Waals surface area contributed by atoms with Crippen LogP contribution in [0.1, 0.15) is 46.0 Å². The number of sulfonamides is 1. The van der Waals surface area contributed by atoms with Crippen LogP contribution in [0.4, 0.5) is 0 Å². The first-order chi connectivity index (χ1) is 8.26. The predicted molar refractivity (Wildman–Crippen MR) is 76.1 cm³/mol. The van der Waals surface area contributed by atoms with E-state index in [0.29, 0.717) is 17.9 Å². The normalized spacial score (nSPS) is 24.4. The summed E-state index contributed by atoms with van der Waals surface area (Å²) in [6.45, 7) is 5.40. The molecule has 1 aliphatic rings. The number of hydrogen-bond donors (Lipinski definition) is 1. The minimum Gasteiger partial charge on any atom is -0.313 e. The van der Waals surface area contributed by atoms with Crippen LogP contribution in [-0.2, 0) is 10.0 Å². The van der Waals surface area contributed by atoms with Crippen LogP contribution in [0, 0.1) is 5.41 Å². The Morgan fingerprint density at radius 2 is 1.94 bits per heavy atom. The predicted octanol–water partition coefficient (Wildman–Crippen LogP) is 1.83. The van der Waals surface area contributed by atoms with Gasteiger partial charge in [-0.15, -0.1) is 0 Å². The van der Waals surface area contributed by atoms with Gasteiger partial charge >= 0.3 is 0 Å². The minimum atomic E-state index is -3.04. The average molecular weight is 276 g/mol. The van der Waals surface area contributed by atoms with Crippen LogP contribution in [0.2, 0.25) is 0 Å². The van der Waals surface area contributed by atoms with Crippen molar-refractivity contribution in [2.75, 3.05) is 26.4 Å². The maximum absolute atomic E-state index is 11.6. The fourth-order valence-electron chi connectivity index (χ4n) is 2.59. The van der Waals surface area contributed by atoms with Crippen LogP contribution in [-0.4, -0.2) is 45.2 Å². The third-order valence-corrected chi connectivity index (χ3v) is 5.95. The van der Waals surface area contributed by atoms with Crippen molar-refractivity contribution < 1.29 is 8.42 Å². The molecule has 18 heavy (non-hydrogen) atoms. The van der Waals surface area contributed by atoms with Crippen molar-refractivity contribution >= 4 is 10.0 Å². The summed E-state index contributed by atoms with van der Waals surface area (Å²) >= 11 is 0. The number of hydrogen-bond acceptors (Lipinski definition) is 3. The summed E-state index contributed by atoms with van der Waals surface area (Å²) in [5.74, 6) is 0.236. The lowest BCUT2D eigenvalue weighted by atomic mass is 9.73. The number of rotatable bonds is 6. The summed E-state index contributed by atoms with van der Waals surface area (Å²) in [5.41, 5.74) is 0.346. The van der Waals surface area contributed by atoms with Crippen LogP contribution in [0.15, 0.2) is 0 Å². The molecule has 0 saturated heterocycles. The van der Waals surface area contributed by atoms with Gasteiger partial charge in [-0.1, -0.05) is 26.7 Å². The standard InChI is InChI=1S/C13H28N2O2S/c1-13(2)9-6-5-8-12(13)14-10-7-11-18(16,17)15(3)4/h12,14H,5-11H2,1-4H3/t12-/m1/s1. The molecule has 0 aromatic carbocycles. The fraction of sp³-hybridized carbons (Fsp3) is 1.00. The van der Waals surface area contributed by atoms with Gasteiger partial charge in [-0.25, -0.2) is 12.7 Å². The van der Waals surface area contributed by atoms with Crippen LogP contribution in [0.25, 0.3) is 0 Å². The lowest BCUT2D eigenvalue weighted by Gasteiger charge is -2.39. The number of nitrogens with one attached hydrogen (secondary N) is 1. The fourth-order valence-corrected chi connectivity index (χ4v) is 3.46. The first kappa shape index (κ1) is 15.9. The zero-order valence-corrected chi connectivity index (χ0v) is 13.0. The Labute approximate surface area is 112 Å². The zero-order valence-electron chi connectivity index (χ0n) is 12.2. The molecule has 0 bridgehead atoms. The highest BCUT2D eigenvalue weighted by molar-refractivity contribution is 7.89. The van der Waals surface area contributed by atoms with Gasteiger partial charge in [0.05, 0.1) is 5.75 Å². The Balaban J connectivity index is 2.30. The van der Waals surface area contributed by atoms with E-state index in [1.54, 1.807) is 14.1 Å². The van der Waals surface area contributed by atoms with Gasteiger partial charge in [0.2, 0.25) is 10.0 Å². The molecule has 0 aliphatic heterocycles. The van der Waals surface area contributed by atoms with Gasteiger partial charge in [0, 0.05) is 20.1 Å². The van der Waals surface area contributed by atoms with Gasteiger partial charge in [-0.05, 0) is 31.2 Å². The molecule has 5 heteroatoms. The second-order valence-corrected chi connectivity index (χ2v) is 8.50. The van der Waals surface area contributed by atoms with Gasteiger partial charge in [0.25, 0.3) is 0 Å². The van der Waals surface area contributed by atoms with Crippen molar-refractivity contribution in [2.45, 2.75) is 52.0 Å². The van der Waals surface area contributed by atoms with Crippen LogP contribution < -0.4 is 5.32 Å². The molecule has 0 aromatic heterocycles. The summed E-state index contributed by atoms with van der Waals surface area (Å²) < 4.78 is 24.5. The topological polar surface area (TPSA) is 49.4 Å². The Bertz CT molecular complexity index is 350. The molecule has 1 rings (SSSR count). The molecule has 1 atom stereocenters. The molecule has 0 spiro atoms. The minimum absolute atomic E-state index is 0.236. The van der Waals surface area contributed by atoms with E-state index in [0.717, 1.165) is 6.54 Å². The van der Waals surface area contributed by atoms with E-state index in [1.165, 1.54) is 30.0 Å². The molecule has 1 aliphatic carbocycles. The second-order valence-electron chi connectivity index (χ2n) is 6.19. The molecule has 0 heterocycles. The van der Waals surface area contributed by atoms with E-state index in [1.807, 2.05) is 0 Å². The van der Waals surface area contributed by atoms with E-state index < -0.39 is 10.0 Å². The lowest BCUT2D eigenvalue weighted by Crippen LogP contribution is -2.44. The van der Waals surface area contributed by atoms with Gasteiger partial charge < -0.3 is 5.32 Å². The quantitative estimate of drug-likeness (QED) is 0.753. The van der Waals surface area contributed by atoms with Gasteiger partial charge in [0.1, 0.15) is 0 Å². The zero-order chi connectivity index (χ0) is 13.8. The molecule has 0 unspecified atom stereocenters.